The first-order chi connectivity index (χ1) is 13.3. The van der Waals surface area contributed by atoms with Crippen molar-refractivity contribution in [1.29, 1.82) is 0 Å². The van der Waals surface area contributed by atoms with Crippen molar-refractivity contribution in [2.75, 3.05) is 0 Å². The maximum atomic E-state index is 13.2. The summed E-state index contributed by atoms with van der Waals surface area (Å²) < 4.78 is 39.7. The molecule has 148 valence electrons. The van der Waals surface area contributed by atoms with Crippen molar-refractivity contribution >= 4 is 29.0 Å². The van der Waals surface area contributed by atoms with Crippen molar-refractivity contribution in [2.24, 2.45) is 17.8 Å². The number of carbonyl (C=O) groups excluding carboxylic acids is 1. The van der Waals surface area contributed by atoms with Gasteiger partial charge in [-0.25, -0.2) is 0 Å². The molecule has 0 bridgehead atoms. The SMILES string of the molecule is O=C(c1cccnc1C(F)(F)F)C1CCC1[C@@H]1CCC1c1ccc(Cl)cc1Cl. The van der Waals surface area contributed by atoms with Gasteiger partial charge in [-0.1, -0.05) is 29.3 Å². The molecule has 1 aromatic heterocycles. The highest BCUT2D eigenvalue weighted by atomic mass is 35.5. The Bertz CT molecular complexity index is 915. The summed E-state index contributed by atoms with van der Waals surface area (Å²) in [7, 11) is 0. The van der Waals surface area contributed by atoms with Gasteiger partial charge >= 0.3 is 6.18 Å². The Balaban J connectivity index is 1.55. The van der Waals surface area contributed by atoms with E-state index in [0.717, 1.165) is 31.0 Å². The van der Waals surface area contributed by atoms with Crippen LogP contribution in [0.15, 0.2) is 36.5 Å². The summed E-state index contributed by atoms with van der Waals surface area (Å²) in [6, 6.07) is 8.05. The molecule has 0 aliphatic heterocycles. The second kappa shape index (κ2) is 7.34. The van der Waals surface area contributed by atoms with Crippen LogP contribution < -0.4 is 0 Å². The first-order valence-electron chi connectivity index (χ1n) is 9.28. The number of hydrogen-bond donors (Lipinski definition) is 0. The van der Waals surface area contributed by atoms with Crippen LogP contribution in [0.1, 0.15) is 53.2 Å². The second-order valence-corrected chi connectivity index (χ2v) is 8.47. The van der Waals surface area contributed by atoms with Crippen molar-refractivity contribution < 1.29 is 18.0 Å². The number of carbonyl (C=O) groups is 1. The first kappa shape index (κ1) is 19.7. The smallest absolute Gasteiger partial charge is 0.294 e. The molecule has 2 nitrogen and oxygen atoms in total. The number of Topliss-reactive ketones (excluding diaryl/α,β-unsaturated/α-hetero) is 1. The van der Waals surface area contributed by atoms with Gasteiger partial charge in [0.25, 0.3) is 0 Å². The number of nitrogens with zero attached hydrogens (tertiary/aromatic N) is 1. The number of alkyl halides is 3. The van der Waals surface area contributed by atoms with Crippen LogP contribution in [0.25, 0.3) is 0 Å². The summed E-state index contributed by atoms with van der Waals surface area (Å²) in [6.07, 6.45) is -0.178. The lowest BCUT2D eigenvalue weighted by Gasteiger charge is -2.50. The summed E-state index contributed by atoms with van der Waals surface area (Å²) in [5.41, 5.74) is -0.389. The highest BCUT2D eigenvalue weighted by Gasteiger charge is 2.49. The monoisotopic (exact) mass is 427 g/mol. The molecule has 3 unspecified atom stereocenters. The minimum absolute atomic E-state index is 0.0827. The van der Waals surface area contributed by atoms with E-state index in [9.17, 15) is 18.0 Å². The predicted octanol–water partition coefficient (Wildman–Crippen LogP) is 6.81. The number of benzene rings is 1. The molecule has 2 aromatic rings. The minimum atomic E-state index is -4.64. The van der Waals surface area contributed by atoms with Gasteiger partial charge in [0, 0.05) is 27.7 Å². The molecule has 2 saturated carbocycles. The molecule has 0 saturated heterocycles. The molecule has 28 heavy (non-hydrogen) atoms. The third kappa shape index (κ3) is 3.43. The number of aromatic nitrogens is 1. The van der Waals surface area contributed by atoms with Crippen molar-refractivity contribution in [3.8, 4) is 0 Å². The molecule has 2 fully saturated rings. The molecule has 0 N–H and O–H groups in total. The molecular weight excluding hydrogens is 410 g/mol. The molecular formula is C21H18Cl2F3NO. The van der Waals surface area contributed by atoms with E-state index in [1.807, 2.05) is 6.07 Å². The van der Waals surface area contributed by atoms with E-state index < -0.39 is 17.7 Å². The lowest BCUT2D eigenvalue weighted by atomic mass is 9.54. The lowest BCUT2D eigenvalue weighted by Crippen LogP contribution is -2.44. The van der Waals surface area contributed by atoms with Gasteiger partial charge < -0.3 is 0 Å². The summed E-state index contributed by atoms with van der Waals surface area (Å²) in [5.74, 6) is -0.262. The lowest BCUT2D eigenvalue weighted by molar-refractivity contribution is -0.141. The number of hydrogen-bond acceptors (Lipinski definition) is 2. The van der Waals surface area contributed by atoms with E-state index in [2.05, 4.69) is 4.98 Å². The Kier molecular flexibility index (Phi) is 5.17. The fourth-order valence-electron chi connectivity index (χ4n) is 4.62. The maximum Gasteiger partial charge on any atom is 0.434 e. The predicted molar refractivity (Wildman–Crippen MR) is 102 cm³/mol. The van der Waals surface area contributed by atoms with Gasteiger partial charge in [-0.3, -0.25) is 9.78 Å². The molecule has 0 spiro atoms. The fraction of sp³-hybridized carbons (Fsp3) is 0.429. The minimum Gasteiger partial charge on any atom is -0.294 e. The van der Waals surface area contributed by atoms with E-state index >= 15 is 0 Å². The van der Waals surface area contributed by atoms with Crippen LogP contribution >= 0.6 is 23.2 Å². The van der Waals surface area contributed by atoms with Gasteiger partial charge in [0.05, 0.1) is 0 Å². The molecule has 2 aliphatic rings. The summed E-state index contributed by atoms with van der Waals surface area (Å²) in [5, 5.41) is 1.17. The van der Waals surface area contributed by atoms with E-state index in [-0.39, 0.29) is 29.2 Å². The fourth-order valence-corrected chi connectivity index (χ4v) is 5.17. The molecule has 0 amide bonds. The van der Waals surface area contributed by atoms with E-state index in [4.69, 9.17) is 23.2 Å². The molecule has 2 aliphatic carbocycles. The van der Waals surface area contributed by atoms with Crippen LogP contribution in [-0.4, -0.2) is 10.8 Å². The van der Waals surface area contributed by atoms with Crippen LogP contribution in [0.5, 0.6) is 0 Å². The Hall–Kier alpha value is -1.59. The van der Waals surface area contributed by atoms with Crippen molar-refractivity contribution in [3.05, 3.63) is 63.4 Å². The molecule has 1 aromatic carbocycles. The van der Waals surface area contributed by atoms with Crippen LogP contribution in [0.4, 0.5) is 13.2 Å². The molecule has 7 heteroatoms. The average Bonchev–Trinajstić information content (AvgIpc) is 2.59. The van der Waals surface area contributed by atoms with Crippen LogP contribution in [0.3, 0.4) is 0 Å². The largest absolute Gasteiger partial charge is 0.434 e. The Morgan fingerprint density at radius 2 is 1.79 bits per heavy atom. The Morgan fingerprint density at radius 3 is 2.36 bits per heavy atom. The quantitative estimate of drug-likeness (QED) is 0.501. The Morgan fingerprint density at radius 1 is 1.04 bits per heavy atom. The van der Waals surface area contributed by atoms with Crippen molar-refractivity contribution in [3.63, 3.8) is 0 Å². The maximum absolute atomic E-state index is 13.2. The van der Waals surface area contributed by atoms with E-state index in [0.29, 0.717) is 16.5 Å². The van der Waals surface area contributed by atoms with Crippen LogP contribution in [0.2, 0.25) is 10.0 Å². The molecule has 1 heterocycles. The average molecular weight is 428 g/mol. The van der Waals surface area contributed by atoms with Crippen LogP contribution in [0, 0.1) is 17.8 Å². The zero-order chi connectivity index (χ0) is 20.1. The van der Waals surface area contributed by atoms with Crippen LogP contribution in [-0.2, 0) is 6.18 Å². The number of rotatable bonds is 4. The van der Waals surface area contributed by atoms with Gasteiger partial charge in [-0.2, -0.15) is 13.2 Å². The number of halogens is 5. The van der Waals surface area contributed by atoms with Gasteiger partial charge in [-0.15, -0.1) is 0 Å². The molecule has 4 rings (SSSR count). The summed E-state index contributed by atoms with van der Waals surface area (Å²) in [6.45, 7) is 0. The van der Waals surface area contributed by atoms with E-state index in [1.54, 1.807) is 12.1 Å². The van der Waals surface area contributed by atoms with Gasteiger partial charge in [-0.05, 0) is 73.3 Å². The van der Waals surface area contributed by atoms with Crippen molar-refractivity contribution in [2.45, 2.75) is 37.8 Å². The third-order valence-electron chi connectivity index (χ3n) is 6.25. The second-order valence-electron chi connectivity index (χ2n) is 7.62. The van der Waals surface area contributed by atoms with Gasteiger partial charge in [0.15, 0.2) is 11.5 Å². The van der Waals surface area contributed by atoms with Gasteiger partial charge in [0.2, 0.25) is 0 Å². The Labute approximate surface area is 171 Å². The molecule has 0 radical (unpaired) electrons. The topological polar surface area (TPSA) is 30.0 Å². The standard InChI is InChI=1S/C21H18Cl2F3NO/c22-11-3-4-15(18(23)10-11)13-6-5-12(13)14-7-8-16(14)19(28)17-2-1-9-27-20(17)21(24,25)26/h1-4,9-10,12-14,16H,5-8H2/t12-,13?,14?,16?/m1/s1. The van der Waals surface area contributed by atoms with Gasteiger partial charge in [0.1, 0.15) is 0 Å². The van der Waals surface area contributed by atoms with E-state index in [1.165, 1.54) is 12.1 Å². The highest BCUT2D eigenvalue weighted by Crippen LogP contribution is 2.56. The summed E-state index contributed by atoms with van der Waals surface area (Å²) in [4.78, 5) is 16.3. The highest BCUT2D eigenvalue weighted by molar-refractivity contribution is 6.35. The number of pyridine rings is 1. The van der Waals surface area contributed by atoms with Crippen molar-refractivity contribution in [1.82, 2.24) is 4.98 Å². The zero-order valence-electron chi connectivity index (χ0n) is 14.8. The third-order valence-corrected chi connectivity index (χ3v) is 6.81. The molecule has 4 atom stereocenters. The first-order valence-corrected chi connectivity index (χ1v) is 10.0. The normalized spacial score (nSPS) is 27.0. The number of ketones is 1. The summed E-state index contributed by atoms with van der Waals surface area (Å²) >= 11 is 12.3. The zero-order valence-corrected chi connectivity index (χ0v) is 16.4.